The molecule has 0 aliphatic carbocycles. The van der Waals surface area contributed by atoms with E-state index in [0.29, 0.717) is 17.9 Å². The molecule has 1 N–H and O–H groups in total. The van der Waals surface area contributed by atoms with Crippen molar-refractivity contribution < 1.29 is 9.53 Å². The van der Waals surface area contributed by atoms with Crippen LogP contribution in [0, 0.1) is 0 Å². The zero-order valence-corrected chi connectivity index (χ0v) is 11.9. The Morgan fingerprint density at radius 2 is 2.10 bits per heavy atom. The van der Waals surface area contributed by atoms with E-state index in [0.717, 1.165) is 11.4 Å². The van der Waals surface area contributed by atoms with E-state index in [1.54, 1.807) is 6.07 Å². The number of benzene rings is 1. The number of rotatable bonds is 2. The Morgan fingerprint density at radius 3 is 2.85 bits per heavy atom. The number of nitrogens with one attached hydrogen (secondary N) is 1. The third-order valence-corrected chi connectivity index (χ3v) is 3.56. The molecule has 1 amide bonds. The first-order chi connectivity index (χ1) is 9.54. The van der Waals surface area contributed by atoms with Crippen molar-refractivity contribution >= 4 is 5.91 Å². The molecule has 0 fully saturated rings. The van der Waals surface area contributed by atoms with Crippen LogP contribution in [0.1, 0.15) is 36.8 Å². The Bertz CT molecular complexity index is 671. The SMILES string of the molecule is CCNC(=O)c1cccc2c1OC(C)(C)c1cccn1-2. The van der Waals surface area contributed by atoms with Gasteiger partial charge in [0.2, 0.25) is 0 Å². The Kier molecular flexibility index (Phi) is 2.82. The van der Waals surface area contributed by atoms with Crippen molar-refractivity contribution in [3.05, 3.63) is 47.8 Å². The maximum absolute atomic E-state index is 12.2. The second kappa shape index (κ2) is 4.40. The predicted octanol–water partition coefficient (Wildman–Crippen LogP) is 2.85. The van der Waals surface area contributed by atoms with Gasteiger partial charge in [-0.3, -0.25) is 4.79 Å². The minimum absolute atomic E-state index is 0.101. The lowest BCUT2D eigenvalue weighted by Crippen LogP contribution is -2.34. The Morgan fingerprint density at radius 1 is 1.30 bits per heavy atom. The fraction of sp³-hybridized carbons (Fsp3) is 0.312. The number of hydrogen-bond acceptors (Lipinski definition) is 2. The summed E-state index contributed by atoms with van der Waals surface area (Å²) in [6, 6.07) is 9.69. The highest BCUT2D eigenvalue weighted by Gasteiger charge is 2.34. The summed E-state index contributed by atoms with van der Waals surface area (Å²) in [6.45, 7) is 6.52. The van der Waals surface area contributed by atoms with Crippen LogP contribution in [0.4, 0.5) is 0 Å². The van der Waals surface area contributed by atoms with Crippen LogP contribution in [-0.2, 0) is 5.60 Å². The molecule has 0 unspecified atom stereocenters. The van der Waals surface area contributed by atoms with Crippen LogP contribution in [0.15, 0.2) is 36.5 Å². The molecule has 4 nitrogen and oxygen atoms in total. The van der Waals surface area contributed by atoms with Gasteiger partial charge >= 0.3 is 0 Å². The van der Waals surface area contributed by atoms with Crippen molar-refractivity contribution in [3.8, 4) is 11.4 Å². The highest BCUT2D eigenvalue weighted by atomic mass is 16.5. The highest BCUT2D eigenvalue weighted by Crippen LogP contribution is 2.40. The molecular formula is C16H18N2O2. The van der Waals surface area contributed by atoms with E-state index in [-0.39, 0.29) is 5.91 Å². The summed E-state index contributed by atoms with van der Waals surface area (Å²) in [6.07, 6.45) is 2.00. The van der Waals surface area contributed by atoms with E-state index in [1.807, 2.05) is 51.2 Å². The van der Waals surface area contributed by atoms with E-state index < -0.39 is 5.60 Å². The lowest BCUT2D eigenvalue weighted by atomic mass is 10.0. The molecule has 1 aliphatic heterocycles. The summed E-state index contributed by atoms with van der Waals surface area (Å²) < 4.78 is 8.21. The van der Waals surface area contributed by atoms with E-state index in [1.165, 1.54) is 0 Å². The van der Waals surface area contributed by atoms with Gasteiger partial charge in [-0.15, -0.1) is 0 Å². The van der Waals surface area contributed by atoms with Crippen molar-refractivity contribution in [2.75, 3.05) is 6.54 Å². The number of para-hydroxylation sites is 1. The van der Waals surface area contributed by atoms with Crippen molar-refractivity contribution in [1.29, 1.82) is 0 Å². The van der Waals surface area contributed by atoms with E-state index >= 15 is 0 Å². The standard InChI is InChI=1S/C16H18N2O2/c1-4-17-15(19)11-7-5-8-12-14(11)20-16(2,3)13-9-6-10-18(12)13/h5-10H,4H2,1-3H3,(H,17,19). The maximum atomic E-state index is 12.2. The molecule has 0 radical (unpaired) electrons. The molecule has 104 valence electrons. The van der Waals surface area contributed by atoms with Crippen LogP contribution >= 0.6 is 0 Å². The smallest absolute Gasteiger partial charge is 0.255 e. The molecule has 2 heterocycles. The summed E-state index contributed by atoms with van der Waals surface area (Å²) in [4.78, 5) is 12.2. The first kappa shape index (κ1) is 12.8. The molecule has 0 atom stereocenters. The molecule has 1 aromatic heterocycles. The topological polar surface area (TPSA) is 43.3 Å². The fourth-order valence-electron chi connectivity index (χ4n) is 2.65. The van der Waals surface area contributed by atoms with Gasteiger partial charge in [-0.1, -0.05) is 6.07 Å². The zero-order valence-electron chi connectivity index (χ0n) is 11.9. The van der Waals surface area contributed by atoms with Crippen LogP contribution in [0.2, 0.25) is 0 Å². The fourth-order valence-corrected chi connectivity index (χ4v) is 2.65. The Balaban J connectivity index is 2.19. The van der Waals surface area contributed by atoms with Gasteiger partial charge in [-0.05, 0) is 45.0 Å². The van der Waals surface area contributed by atoms with Crippen LogP contribution in [-0.4, -0.2) is 17.0 Å². The minimum atomic E-state index is -0.459. The van der Waals surface area contributed by atoms with Crippen molar-refractivity contribution in [2.24, 2.45) is 0 Å². The van der Waals surface area contributed by atoms with Gasteiger partial charge in [-0.2, -0.15) is 0 Å². The molecule has 4 heteroatoms. The van der Waals surface area contributed by atoms with E-state index in [4.69, 9.17) is 4.74 Å². The average molecular weight is 270 g/mol. The second-order valence-corrected chi connectivity index (χ2v) is 5.39. The summed E-state index contributed by atoms with van der Waals surface area (Å²) >= 11 is 0. The molecule has 0 bridgehead atoms. The van der Waals surface area contributed by atoms with Gasteiger partial charge in [0, 0.05) is 12.7 Å². The molecule has 1 aromatic carbocycles. The second-order valence-electron chi connectivity index (χ2n) is 5.39. The third-order valence-electron chi connectivity index (χ3n) is 3.56. The summed E-state index contributed by atoms with van der Waals surface area (Å²) in [5.74, 6) is 0.544. The molecule has 0 saturated carbocycles. The molecule has 2 aromatic rings. The first-order valence-corrected chi connectivity index (χ1v) is 6.83. The quantitative estimate of drug-likeness (QED) is 0.912. The van der Waals surface area contributed by atoms with Crippen molar-refractivity contribution in [3.63, 3.8) is 0 Å². The van der Waals surface area contributed by atoms with Gasteiger partial charge in [0.25, 0.3) is 5.91 Å². The summed E-state index contributed by atoms with van der Waals surface area (Å²) in [5, 5.41) is 2.83. The molecule has 3 rings (SSSR count). The van der Waals surface area contributed by atoms with Crippen LogP contribution < -0.4 is 10.1 Å². The Labute approximate surface area is 118 Å². The number of hydrogen-bond donors (Lipinski definition) is 1. The molecule has 20 heavy (non-hydrogen) atoms. The van der Waals surface area contributed by atoms with Crippen LogP contribution in [0.5, 0.6) is 5.75 Å². The average Bonchev–Trinajstić information content (AvgIpc) is 2.88. The van der Waals surface area contributed by atoms with Gasteiger partial charge in [0.1, 0.15) is 5.60 Å². The Hall–Kier alpha value is -2.23. The predicted molar refractivity (Wildman–Crippen MR) is 77.4 cm³/mol. The lowest BCUT2D eigenvalue weighted by molar-refractivity contribution is 0.0847. The zero-order chi connectivity index (χ0) is 14.3. The largest absolute Gasteiger partial charge is 0.479 e. The molecular weight excluding hydrogens is 252 g/mol. The molecule has 0 saturated heterocycles. The van der Waals surface area contributed by atoms with Gasteiger partial charge in [0.05, 0.1) is 16.9 Å². The van der Waals surface area contributed by atoms with Crippen LogP contribution in [0.3, 0.4) is 0 Å². The number of amides is 1. The normalized spacial score (nSPS) is 14.9. The molecule has 1 aliphatic rings. The third kappa shape index (κ3) is 1.80. The van der Waals surface area contributed by atoms with Gasteiger partial charge in [-0.25, -0.2) is 0 Å². The lowest BCUT2D eigenvalue weighted by Gasteiger charge is -2.35. The van der Waals surface area contributed by atoms with Gasteiger partial charge in [0.15, 0.2) is 5.75 Å². The van der Waals surface area contributed by atoms with Crippen molar-refractivity contribution in [1.82, 2.24) is 9.88 Å². The minimum Gasteiger partial charge on any atom is -0.479 e. The molecule has 0 spiro atoms. The number of aromatic nitrogens is 1. The number of ether oxygens (including phenoxy) is 1. The number of fused-ring (bicyclic) bond motifs is 3. The summed E-state index contributed by atoms with van der Waals surface area (Å²) in [5.41, 5.74) is 2.11. The van der Waals surface area contributed by atoms with Crippen LogP contribution in [0.25, 0.3) is 5.69 Å². The highest BCUT2D eigenvalue weighted by molar-refractivity contribution is 5.98. The van der Waals surface area contributed by atoms with Crippen molar-refractivity contribution in [2.45, 2.75) is 26.4 Å². The first-order valence-electron chi connectivity index (χ1n) is 6.83. The van der Waals surface area contributed by atoms with E-state index in [9.17, 15) is 4.79 Å². The maximum Gasteiger partial charge on any atom is 0.255 e. The number of carbonyl (C=O) groups is 1. The monoisotopic (exact) mass is 270 g/mol. The van der Waals surface area contributed by atoms with Gasteiger partial charge < -0.3 is 14.6 Å². The number of nitrogens with zero attached hydrogens (tertiary/aromatic N) is 1. The van der Waals surface area contributed by atoms with E-state index in [2.05, 4.69) is 9.88 Å². The summed E-state index contributed by atoms with van der Waals surface area (Å²) in [7, 11) is 0. The number of carbonyl (C=O) groups excluding carboxylic acids is 1.